The lowest BCUT2D eigenvalue weighted by Crippen LogP contribution is -2.18. The normalized spacial score (nSPS) is 14.2. The molecule has 0 saturated carbocycles. The van der Waals surface area contributed by atoms with E-state index in [2.05, 4.69) is 19.9 Å². The summed E-state index contributed by atoms with van der Waals surface area (Å²) in [4.78, 5) is 25.6. The minimum atomic E-state index is -0.858. The number of para-hydroxylation sites is 1. The molecule has 0 atom stereocenters. The number of nitrogens with zero attached hydrogens (tertiary/aromatic N) is 3. The molecule has 3 N–H and O–H groups in total. The largest absolute Gasteiger partial charge is 0.410 e. The quantitative estimate of drug-likeness (QED) is 0.772. The number of nitrogens with two attached hydrogens (primary N) is 1. The van der Waals surface area contributed by atoms with Gasteiger partial charge in [0.25, 0.3) is 0 Å². The number of imidazole rings is 1. The van der Waals surface area contributed by atoms with Crippen molar-refractivity contribution in [3.63, 3.8) is 0 Å². The summed E-state index contributed by atoms with van der Waals surface area (Å²) in [5.41, 5.74) is 7.31. The monoisotopic (exact) mass is 323 g/mol. The standard InChI is InChI=1S/C17H17N5O2/c18-17(23)24-13-5-3-4-12-15(13)21-16(20-12)11-6-7-14(19-10-11)22-8-1-2-9-22/h3-7,10H,1-2,8-9H2,(H2,18,23)(H,20,21). The molecule has 1 aliphatic rings. The Morgan fingerprint density at radius 1 is 1.21 bits per heavy atom. The molecule has 24 heavy (non-hydrogen) atoms. The van der Waals surface area contributed by atoms with Crippen LogP contribution in [-0.4, -0.2) is 34.1 Å². The lowest BCUT2D eigenvalue weighted by Gasteiger charge is -2.15. The number of hydrogen-bond acceptors (Lipinski definition) is 5. The predicted octanol–water partition coefficient (Wildman–Crippen LogP) is 2.68. The van der Waals surface area contributed by atoms with Crippen LogP contribution in [0.2, 0.25) is 0 Å². The highest BCUT2D eigenvalue weighted by Gasteiger charge is 2.15. The second-order valence-electron chi connectivity index (χ2n) is 5.76. The fourth-order valence-corrected chi connectivity index (χ4v) is 2.99. The van der Waals surface area contributed by atoms with Crippen LogP contribution in [0.4, 0.5) is 10.6 Å². The van der Waals surface area contributed by atoms with Crippen molar-refractivity contribution >= 4 is 22.9 Å². The highest BCUT2D eigenvalue weighted by Crippen LogP contribution is 2.28. The topological polar surface area (TPSA) is 97.1 Å². The zero-order chi connectivity index (χ0) is 16.5. The molecular formula is C17H17N5O2. The first kappa shape index (κ1) is 14.5. The number of aromatic amines is 1. The number of fused-ring (bicyclic) bond motifs is 1. The number of pyridine rings is 1. The van der Waals surface area contributed by atoms with Crippen molar-refractivity contribution in [2.45, 2.75) is 12.8 Å². The van der Waals surface area contributed by atoms with Crippen LogP contribution < -0.4 is 15.4 Å². The van der Waals surface area contributed by atoms with Crippen LogP contribution in [0.15, 0.2) is 36.5 Å². The highest BCUT2D eigenvalue weighted by molar-refractivity contribution is 5.87. The van der Waals surface area contributed by atoms with E-state index < -0.39 is 6.09 Å². The number of nitrogens with one attached hydrogen (secondary N) is 1. The molecule has 0 unspecified atom stereocenters. The van der Waals surface area contributed by atoms with Crippen LogP contribution in [0.3, 0.4) is 0 Å². The summed E-state index contributed by atoms with van der Waals surface area (Å²) in [5.74, 6) is 2.00. The molecule has 122 valence electrons. The summed E-state index contributed by atoms with van der Waals surface area (Å²) >= 11 is 0. The van der Waals surface area contributed by atoms with Gasteiger partial charge in [0.1, 0.15) is 17.2 Å². The number of H-pyrrole nitrogens is 1. The van der Waals surface area contributed by atoms with Crippen molar-refractivity contribution in [2.75, 3.05) is 18.0 Å². The Bertz CT molecular complexity index is 882. The molecule has 3 aromatic rings. The summed E-state index contributed by atoms with van der Waals surface area (Å²) in [6.45, 7) is 2.12. The van der Waals surface area contributed by atoms with E-state index in [1.807, 2.05) is 18.2 Å². The SMILES string of the molecule is NC(=O)Oc1cccc2[nH]c(-c3ccc(N4CCCC4)nc3)nc12. The zero-order valence-corrected chi connectivity index (χ0v) is 13.0. The Hall–Kier alpha value is -3.09. The van der Waals surface area contributed by atoms with Gasteiger partial charge in [0, 0.05) is 24.8 Å². The van der Waals surface area contributed by atoms with Crippen molar-refractivity contribution in [1.29, 1.82) is 0 Å². The average Bonchev–Trinajstić information content (AvgIpc) is 3.25. The molecule has 0 radical (unpaired) electrons. The second kappa shape index (κ2) is 5.84. The fourth-order valence-electron chi connectivity index (χ4n) is 2.99. The molecule has 2 aromatic heterocycles. The number of hydrogen-bond donors (Lipinski definition) is 2. The molecule has 1 aromatic carbocycles. The zero-order valence-electron chi connectivity index (χ0n) is 13.0. The molecule has 1 amide bonds. The molecule has 0 bridgehead atoms. The number of primary amides is 1. The molecule has 1 aliphatic heterocycles. The van der Waals surface area contributed by atoms with Crippen molar-refractivity contribution in [3.05, 3.63) is 36.5 Å². The van der Waals surface area contributed by atoms with Crippen LogP contribution in [0, 0.1) is 0 Å². The number of aromatic nitrogens is 3. The van der Waals surface area contributed by atoms with Gasteiger partial charge in [0.15, 0.2) is 5.75 Å². The van der Waals surface area contributed by atoms with Crippen molar-refractivity contribution in [2.24, 2.45) is 5.73 Å². The van der Waals surface area contributed by atoms with E-state index >= 15 is 0 Å². The number of carbonyl (C=O) groups is 1. The Balaban J connectivity index is 1.67. The van der Waals surface area contributed by atoms with E-state index in [0.717, 1.165) is 30.0 Å². The van der Waals surface area contributed by atoms with E-state index in [1.54, 1.807) is 18.3 Å². The van der Waals surface area contributed by atoms with E-state index in [1.165, 1.54) is 12.8 Å². The van der Waals surface area contributed by atoms with Gasteiger partial charge in [-0.2, -0.15) is 0 Å². The fraction of sp³-hybridized carbons (Fsp3) is 0.235. The number of anilines is 1. The third-order valence-corrected chi connectivity index (χ3v) is 4.14. The average molecular weight is 323 g/mol. The summed E-state index contributed by atoms with van der Waals surface area (Å²) in [5, 5.41) is 0. The maximum atomic E-state index is 11.0. The summed E-state index contributed by atoms with van der Waals surface area (Å²) in [7, 11) is 0. The number of amides is 1. The number of ether oxygens (including phenoxy) is 1. The highest BCUT2D eigenvalue weighted by atomic mass is 16.5. The predicted molar refractivity (Wildman–Crippen MR) is 91.0 cm³/mol. The molecule has 1 fully saturated rings. The van der Waals surface area contributed by atoms with Gasteiger partial charge in [-0.25, -0.2) is 14.8 Å². The molecular weight excluding hydrogens is 306 g/mol. The molecule has 4 rings (SSSR count). The molecule has 0 spiro atoms. The summed E-state index contributed by atoms with van der Waals surface area (Å²) in [6, 6.07) is 9.30. The first-order valence-electron chi connectivity index (χ1n) is 7.88. The second-order valence-corrected chi connectivity index (χ2v) is 5.76. The minimum absolute atomic E-state index is 0.337. The molecule has 7 heteroatoms. The maximum absolute atomic E-state index is 11.0. The molecule has 0 aliphatic carbocycles. The Kier molecular flexibility index (Phi) is 3.53. The lowest BCUT2D eigenvalue weighted by atomic mass is 10.2. The Morgan fingerprint density at radius 3 is 2.75 bits per heavy atom. The van der Waals surface area contributed by atoms with Crippen molar-refractivity contribution < 1.29 is 9.53 Å². The van der Waals surface area contributed by atoms with Gasteiger partial charge in [-0.15, -0.1) is 0 Å². The number of rotatable bonds is 3. The van der Waals surface area contributed by atoms with E-state index in [9.17, 15) is 4.79 Å². The Morgan fingerprint density at radius 2 is 2.04 bits per heavy atom. The summed E-state index contributed by atoms with van der Waals surface area (Å²) in [6.07, 6.45) is 3.38. The van der Waals surface area contributed by atoms with Crippen LogP contribution in [0.5, 0.6) is 5.75 Å². The van der Waals surface area contributed by atoms with Gasteiger partial charge < -0.3 is 20.4 Å². The van der Waals surface area contributed by atoms with Gasteiger partial charge in [-0.1, -0.05) is 6.07 Å². The van der Waals surface area contributed by atoms with Gasteiger partial charge in [-0.3, -0.25) is 0 Å². The third-order valence-electron chi connectivity index (χ3n) is 4.14. The van der Waals surface area contributed by atoms with E-state index in [4.69, 9.17) is 10.5 Å². The first-order valence-corrected chi connectivity index (χ1v) is 7.88. The molecule has 7 nitrogen and oxygen atoms in total. The van der Waals surface area contributed by atoms with Gasteiger partial charge in [-0.05, 0) is 37.1 Å². The molecule has 1 saturated heterocycles. The first-order chi connectivity index (χ1) is 11.7. The van der Waals surface area contributed by atoms with Crippen molar-refractivity contribution in [3.8, 4) is 17.1 Å². The van der Waals surface area contributed by atoms with Crippen LogP contribution in [0.25, 0.3) is 22.4 Å². The van der Waals surface area contributed by atoms with Gasteiger partial charge in [0.2, 0.25) is 0 Å². The van der Waals surface area contributed by atoms with Gasteiger partial charge >= 0.3 is 6.09 Å². The van der Waals surface area contributed by atoms with Crippen LogP contribution in [0.1, 0.15) is 12.8 Å². The van der Waals surface area contributed by atoms with E-state index in [-0.39, 0.29) is 0 Å². The number of carbonyl (C=O) groups excluding carboxylic acids is 1. The third kappa shape index (κ3) is 2.64. The van der Waals surface area contributed by atoms with Crippen LogP contribution in [-0.2, 0) is 0 Å². The summed E-state index contributed by atoms with van der Waals surface area (Å²) < 4.78 is 5.00. The maximum Gasteiger partial charge on any atom is 0.410 e. The number of benzene rings is 1. The lowest BCUT2D eigenvalue weighted by molar-refractivity contribution is 0.211. The van der Waals surface area contributed by atoms with Gasteiger partial charge in [0.05, 0.1) is 5.52 Å². The van der Waals surface area contributed by atoms with Crippen LogP contribution >= 0.6 is 0 Å². The molecule has 3 heterocycles. The smallest absolute Gasteiger partial charge is 0.408 e. The van der Waals surface area contributed by atoms with E-state index in [0.29, 0.717) is 17.1 Å². The van der Waals surface area contributed by atoms with Crippen molar-refractivity contribution in [1.82, 2.24) is 15.0 Å². The minimum Gasteiger partial charge on any atom is -0.408 e. The Labute approximate surface area is 138 Å².